The standard InChI is InChI=1S/C23H32N2O4S/c1-16(2)14-20(19-10-8-7-9-11-19)24-23(26)18(4)25(30(6,27)28)21-15-17(3)12-13-22(21)29-5/h7-13,15-16,18,20H,14H2,1-6H3,(H,24,26)/t18-,20+/m0/s1. The van der Waals surface area contributed by atoms with Gasteiger partial charge in [0, 0.05) is 0 Å². The van der Waals surface area contributed by atoms with Gasteiger partial charge in [0.1, 0.15) is 11.8 Å². The molecule has 6 nitrogen and oxygen atoms in total. The minimum atomic E-state index is -3.74. The van der Waals surface area contributed by atoms with Gasteiger partial charge in [-0.1, -0.05) is 50.2 Å². The maximum Gasteiger partial charge on any atom is 0.244 e. The molecule has 0 fully saturated rings. The van der Waals surface area contributed by atoms with Crippen LogP contribution in [0.2, 0.25) is 0 Å². The molecule has 2 aromatic rings. The molecule has 0 spiro atoms. The Morgan fingerprint density at radius 3 is 2.27 bits per heavy atom. The van der Waals surface area contributed by atoms with E-state index in [1.807, 2.05) is 43.3 Å². The first kappa shape index (κ1) is 23.7. The van der Waals surface area contributed by atoms with Gasteiger partial charge in [-0.15, -0.1) is 0 Å². The van der Waals surface area contributed by atoms with Gasteiger partial charge in [-0.2, -0.15) is 0 Å². The van der Waals surface area contributed by atoms with Crippen LogP contribution < -0.4 is 14.4 Å². The van der Waals surface area contributed by atoms with Crippen LogP contribution in [0.4, 0.5) is 5.69 Å². The number of aryl methyl sites for hydroxylation is 1. The van der Waals surface area contributed by atoms with Crippen molar-refractivity contribution in [1.82, 2.24) is 5.32 Å². The average molecular weight is 433 g/mol. The molecule has 2 aromatic carbocycles. The van der Waals surface area contributed by atoms with Crippen molar-refractivity contribution in [2.24, 2.45) is 5.92 Å². The molecule has 7 heteroatoms. The van der Waals surface area contributed by atoms with E-state index in [0.29, 0.717) is 17.4 Å². The topological polar surface area (TPSA) is 75.7 Å². The van der Waals surface area contributed by atoms with Crippen LogP contribution in [0.15, 0.2) is 48.5 Å². The molecule has 0 saturated carbocycles. The van der Waals surface area contributed by atoms with E-state index in [0.717, 1.165) is 28.1 Å². The number of ether oxygens (including phenoxy) is 1. The summed E-state index contributed by atoms with van der Waals surface area (Å²) in [5, 5.41) is 3.05. The summed E-state index contributed by atoms with van der Waals surface area (Å²) >= 11 is 0. The summed E-state index contributed by atoms with van der Waals surface area (Å²) in [6, 6.07) is 13.8. The van der Waals surface area contributed by atoms with Crippen molar-refractivity contribution in [3.8, 4) is 5.75 Å². The highest BCUT2D eigenvalue weighted by molar-refractivity contribution is 7.92. The van der Waals surface area contributed by atoms with E-state index in [1.165, 1.54) is 7.11 Å². The Labute approximate surface area is 180 Å². The summed E-state index contributed by atoms with van der Waals surface area (Å²) in [7, 11) is -2.26. The Bertz CT molecular complexity index is 958. The number of nitrogens with one attached hydrogen (secondary N) is 1. The van der Waals surface area contributed by atoms with Gasteiger partial charge in [-0.05, 0) is 49.4 Å². The predicted octanol–water partition coefficient (Wildman–Crippen LogP) is 4.06. The average Bonchev–Trinajstić information content (AvgIpc) is 2.67. The van der Waals surface area contributed by atoms with Crippen LogP contribution in [0.25, 0.3) is 0 Å². The summed E-state index contributed by atoms with van der Waals surface area (Å²) in [5.74, 6) is 0.389. The fraction of sp³-hybridized carbons (Fsp3) is 0.435. The van der Waals surface area contributed by atoms with Crippen molar-refractivity contribution in [2.75, 3.05) is 17.7 Å². The number of carbonyl (C=O) groups excluding carboxylic acids is 1. The molecule has 0 radical (unpaired) electrons. The number of sulfonamides is 1. The molecule has 0 aromatic heterocycles. The molecule has 0 bridgehead atoms. The Kier molecular flexibility index (Phi) is 7.89. The molecular weight excluding hydrogens is 400 g/mol. The van der Waals surface area contributed by atoms with E-state index >= 15 is 0 Å². The van der Waals surface area contributed by atoms with E-state index in [1.54, 1.807) is 19.1 Å². The number of anilines is 1. The van der Waals surface area contributed by atoms with Gasteiger partial charge >= 0.3 is 0 Å². The molecule has 0 saturated heterocycles. The fourth-order valence-corrected chi connectivity index (χ4v) is 4.65. The lowest BCUT2D eigenvalue weighted by molar-refractivity contribution is -0.122. The second-order valence-electron chi connectivity index (χ2n) is 8.01. The summed E-state index contributed by atoms with van der Waals surface area (Å²) in [4.78, 5) is 13.2. The fourth-order valence-electron chi connectivity index (χ4n) is 3.48. The smallest absolute Gasteiger partial charge is 0.244 e. The van der Waals surface area contributed by atoms with Crippen molar-refractivity contribution < 1.29 is 17.9 Å². The molecular formula is C23H32N2O4S. The van der Waals surface area contributed by atoms with E-state index in [-0.39, 0.29) is 11.9 Å². The number of nitrogens with zero attached hydrogens (tertiary/aromatic N) is 1. The van der Waals surface area contributed by atoms with Gasteiger partial charge < -0.3 is 10.1 Å². The highest BCUT2D eigenvalue weighted by Crippen LogP contribution is 2.33. The normalized spacial score (nSPS) is 13.6. The van der Waals surface area contributed by atoms with Gasteiger partial charge in [0.25, 0.3) is 0 Å². The van der Waals surface area contributed by atoms with Crippen LogP contribution in [0.3, 0.4) is 0 Å². The van der Waals surface area contributed by atoms with Crippen molar-refractivity contribution in [2.45, 2.75) is 46.2 Å². The molecule has 1 amide bonds. The molecule has 2 atom stereocenters. The van der Waals surface area contributed by atoms with Crippen molar-refractivity contribution in [3.63, 3.8) is 0 Å². The lowest BCUT2D eigenvalue weighted by atomic mass is 9.96. The molecule has 30 heavy (non-hydrogen) atoms. The first-order valence-electron chi connectivity index (χ1n) is 10.0. The Hall–Kier alpha value is -2.54. The van der Waals surface area contributed by atoms with E-state index in [9.17, 15) is 13.2 Å². The Morgan fingerprint density at radius 1 is 1.10 bits per heavy atom. The van der Waals surface area contributed by atoms with Gasteiger partial charge in [-0.3, -0.25) is 9.10 Å². The summed E-state index contributed by atoms with van der Waals surface area (Å²) < 4.78 is 31.9. The van der Waals surface area contributed by atoms with Gasteiger partial charge in [0.15, 0.2) is 0 Å². The lowest BCUT2D eigenvalue weighted by Gasteiger charge is -2.31. The lowest BCUT2D eigenvalue weighted by Crippen LogP contribution is -2.49. The highest BCUT2D eigenvalue weighted by atomic mass is 32.2. The van der Waals surface area contributed by atoms with Crippen LogP contribution in [0.1, 0.15) is 44.4 Å². The van der Waals surface area contributed by atoms with Crippen molar-refractivity contribution in [1.29, 1.82) is 0 Å². The number of hydrogen-bond acceptors (Lipinski definition) is 4. The minimum absolute atomic E-state index is 0.207. The maximum absolute atomic E-state index is 13.2. The second-order valence-corrected chi connectivity index (χ2v) is 9.87. The van der Waals surface area contributed by atoms with Crippen molar-refractivity contribution in [3.05, 3.63) is 59.7 Å². The zero-order valence-electron chi connectivity index (χ0n) is 18.5. The number of amides is 1. The summed E-state index contributed by atoms with van der Waals surface area (Å²) in [6.07, 6.45) is 1.84. The number of carbonyl (C=O) groups is 1. The third-order valence-electron chi connectivity index (χ3n) is 4.89. The largest absolute Gasteiger partial charge is 0.495 e. The zero-order valence-corrected chi connectivity index (χ0v) is 19.4. The molecule has 0 heterocycles. The molecule has 0 aliphatic carbocycles. The molecule has 164 valence electrons. The summed E-state index contributed by atoms with van der Waals surface area (Å²) in [5.41, 5.74) is 2.21. The first-order valence-corrected chi connectivity index (χ1v) is 11.9. The monoisotopic (exact) mass is 432 g/mol. The quantitative estimate of drug-likeness (QED) is 0.648. The highest BCUT2D eigenvalue weighted by Gasteiger charge is 2.32. The van der Waals surface area contributed by atoms with Gasteiger partial charge in [-0.25, -0.2) is 8.42 Å². The number of benzene rings is 2. The van der Waals surface area contributed by atoms with E-state index in [2.05, 4.69) is 19.2 Å². The number of rotatable bonds is 9. The first-order chi connectivity index (χ1) is 14.0. The number of hydrogen-bond donors (Lipinski definition) is 1. The third-order valence-corrected chi connectivity index (χ3v) is 6.11. The molecule has 0 unspecified atom stereocenters. The van der Waals surface area contributed by atoms with Crippen LogP contribution in [-0.2, 0) is 14.8 Å². The van der Waals surface area contributed by atoms with Crippen LogP contribution in [-0.4, -0.2) is 33.7 Å². The zero-order chi connectivity index (χ0) is 22.5. The van der Waals surface area contributed by atoms with Crippen LogP contribution in [0.5, 0.6) is 5.75 Å². The molecule has 1 N–H and O–H groups in total. The Morgan fingerprint density at radius 2 is 1.73 bits per heavy atom. The van der Waals surface area contributed by atoms with Gasteiger partial charge in [0.2, 0.25) is 15.9 Å². The maximum atomic E-state index is 13.2. The molecule has 2 rings (SSSR count). The summed E-state index contributed by atoms with van der Waals surface area (Å²) in [6.45, 7) is 7.63. The van der Waals surface area contributed by atoms with Crippen LogP contribution in [0, 0.1) is 12.8 Å². The Balaban J connectivity index is 2.39. The SMILES string of the molecule is COc1ccc(C)cc1N([C@@H](C)C(=O)N[C@H](CC(C)C)c1ccccc1)S(C)(=O)=O. The van der Waals surface area contributed by atoms with Crippen molar-refractivity contribution >= 4 is 21.6 Å². The minimum Gasteiger partial charge on any atom is -0.495 e. The number of methoxy groups -OCH3 is 1. The molecule has 0 aliphatic heterocycles. The predicted molar refractivity (Wildman–Crippen MR) is 121 cm³/mol. The molecule has 0 aliphatic rings. The third kappa shape index (κ3) is 5.98. The van der Waals surface area contributed by atoms with E-state index < -0.39 is 16.1 Å². The van der Waals surface area contributed by atoms with Gasteiger partial charge in [0.05, 0.1) is 25.1 Å². The second kappa shape index (κ2) is 9.98. The van der Waals surface area contributed by atoms with E-state index in [4.69, 9.17) is 4.74 Å². The van der Waals surface area contributed by atoms with Crippen LogP contribution >= 0.6 is 0 Å².